The quantitative estimate of drug-likeness (QED) is 0.718. The maximum absolute atomic E-state index is 12.4. The zero-order valence-electron chi connectivity index (χ0n) is 10.4. The molecule has 2 unspecified atom stereocenters. The number of nitrogens with zero attached hydrogens (tertiary/aromatic N) is 2. The molecule has 3 fully saturated rings. The van der Waals surface area contributed by atoms with Gasteiger partial charge in [0.05, 0.1) is 0 Å². The van der Waals surface area contributed by atoms with Crippen LogP contribution in [0, 0.1) is 5.92 Å². The van der Waals surface area contributed by atoms with Crippen LogP contribution >= 0.6 is 0 Å². The van der Waals surface area contributed by atoms with Gasteiger partial charge in [0.15, 0.2) is 0 Å². The standard InChI is InChI=1S/C13H20N2O2/c1-9(10-5-6-10)15-8-12(16)14-7-3-2-4-11(14)13(15)17/h9-11H,2-8H2,1H3. The van der Waals surface area contributed by atoms with Crippen molar-refractivity contribution in [3.63, 3.8) is 0 Å². The first-order valence-electron chi connectivity index (χ1n) is 6.78. The average molecular weight is 236 g/mol. The monoisotopic (exact) mass is 236 g/mol. The molecule has 0 N–H and O–H groups in total. The molecule has 3 rings (SSSR count). The summed E-state index contributed by atoms with van der Waals surface area (Å²) in [5.74, 6) is 0.993. The molecule has 17 heavy (non-hydrogen) atoms. The summed E-state index contributed by atoms with van der Waals surface area (Å²) < 4.78 is 0. The van der Waals surface area contributed by atoms with E-state index in [2.05, 4.69) is 6.92 Å². The summed E-state index contributed by atoms with van der Waals surface area (Å²) in [6, 6.07) is 0.113. The van der Waals surface area contributed by atoms with Gasteiger partial charge in [-0.25, -0.2) is 0 Å². The molecule has 2 saturated heterocycles. The van der Waals surface area contributed by atoms with E-state index in [-0.39, 0.29) is 23.9 Å². The number of hydrogen-bond donors (Lipinski definition) is 0. The molecule has 2 heterocycles. The summed E-state index contributed by atoms with van der Waals surface area (Å²) in [5, 5.41) is 0. The van der Waals surface area contributed by atoms with Crippen LogP contribution < -0.4 is 0 Å². The van der Waals surface area contributed by atoms with Crippen molar-refractivity contribution in [2.75, 3.05) is 13.1 Å². The van der Waals surface area contributed by atoms with Crippen LogP contribution in [-0.2, 0) is 9.59 Å². The molecule has 1 aliphatic carbocycles. The van der Waals surface area contributed by atoms with Crippen molar-refractivity contribution in [1.29, 1.82) is 0 Å². The Hall–Kier alpha value is -1.06. The molecule has 0 aromatic rings. The zero-order chi connectivity index (χ0) is 12.0. The molecule has 2 amide bonds. The minimum absolute atomic E-state index is 0.147. The number of rotatable bonds is 2. The van der Waals surface area contributed by atoms with Crippen LogP contribution in [0.3, 0.4) is 0 Å². The summed E-state index contributed by atoms with van der Waals surface area (Å²) in [6.45, 7) is 3.19. The Morgan fingerprint density at radius 2 is 1.94 bits per heavy atom. The second-order valence-electron chi connectivity index (χ2n) is 5.64. The lowest BCUT2D eigenvalue weighted by atomic mass is 9.97. The second kappa shape index (κ2) is 4.00. The van der Waals surface area contributed by atoms with E-state index in [1.54, 1.807) is 0 Å². The van der Waals surface area contributed by atoms with Crippen LogP contribution in [0.5, 0.6) is 0 Å². The summed E-state index contributed by atoms with van der Waals surface area (Å²) in [5.41, 5.74) is 0. The Morgan fingerprint density at radius 3 is 2.65 bits per heavy atom. The molecule has 3 aliphatic rings. The van der Waals surface area contributed by atoms with Crippen molar-refractivity contribution in [1.82, 2.24) is 9.80 Å². The molecule has 94 valence electrons. The van der Waals surface area contributed by atoms with Gasteiger partial charge in [-0.2, -0.15) is 0 Å². The molecule has 1 saturated carbocycles. The molecule has 2 aliphatic heterocycles. The van der Waals surface area contributed by atoms with E-state index in [4.69, 9.17) is 0 Å². The highest BCUT2D eigenvalue weighted by molar-refractivity contribution is 5.95. The number of piperazine rings is 1. The van der Waals surface area contributed by atoms with Crippen LogP contribution in [0.25, 0.3) is 0 Å². The highest BCUT2D eigenvalue weighted by atomic mass is 16.2. The maximum atomic E-state index is 12.4. The molecular formula is C13H20N2O2. The van der Waals surface area contributed by atoms with Gasteiger partial charge in [0.1, 0.15) is 12.6 Å². The minimum Gasteiger partial charge on any atom is -0.329 e. The molecule has 0 spiro atoms. The number of carbonyl (C=O) groups is 2. The predicted molar refractivity (Wildman–Crippen MR) is 63.3 cm³/mol. The third-order valence-electron chi connectivity index (χ3n) is 4.49. The number of hydrogen-bond acceptors (Lipinski definition) is 2. The van der Waals surface area contributed by atoms with Crippen LogP contribution in [0.4, 0.5) is 0 Å². The van der Waals surface area contributed by atoms with Crippen LogP contribution in [0.15, 0.2) is 0 Å². The minimum atomic E-state index is -0.147. The second-order valence-corrected chi connectivity index (χ2v) is 5.64. The van der Waals surface area contributed by atoms with Gasteiger partial charge >= 0.3 is 0 Å². The SMILES string of the molecule is CC(C1CC1)N1CC(=O)N2CCCCC2C1=O. The molecular weight excluding hydrogens is 216 g/mol. The van der Waals surface area contributed by atoms with Gasteiger partial charge in [-0.05, 0) is 44.9 Å². The average Bonchev–Trinajstić information content (AvgIpc) is 3.17. The third-order valence-corrected chi connectivity index (χ3v) is 4.49. The lowest BCUT2D eigenvalue weighted by Crippen LogP contribution is -2.63. The van der Waals surface area contributed by atoms with E-state index in [1.165, 1.54) is 12.8 Å². The summed E-state index contributed by atoms with van der Waals surface area (Å²) in [7, 11) is 0. The van der Waals surface area contributed by atoms with Gasteiger partial charge in [-0.1, -0.05) is 0 Å². The lowest BCUT2D eigenvalue weighted by Gasteiger charge is -2.44. The molecule has 4 heteroatoms. The number of amides is 2. The first kappa shape index (κ1) is 11.1. The molecule has 0 aromatic heterocycles. The molecule has 0 radical (unpaired) electrons. The third kappa shape index (κ3) is 1.83. The van der Waals surface area contributed by atoms with Gasteiger partial charge in [0, 0.05) is 12.6 Å². The van der Waals surface area contributed by atoms with E-state index < -0.39 is 0 Å². The highest BCUT2D eigenvalue weighted by Crippen LogP contribution is 2.36. The Morgan fingerprint density at radius 1 is 1.18 bits per heavy atom. The Balaban J connectivity index is 1.78. The fourth-order valence-electron chi connectivity index (χ4n) is 3.17. The fraction of sp³-hybridized carbons (Fsp3) is 0.846. The highest BCUT2D eigenvalue weighted by Gasteiger charge is 2.44. The molecule has 0 bridgehead atoms. The number of piperidine rings is 1. The van der Waals surface area contributed by atoms with Gasteiger partial charge in [0.2, 0.25) is 11.8 Å². The molecule has 4 nitrogen and oxygen atoms in total. The molecule has 0 aromatic carbocycles. The van der Waals surface area contributed by atoms with E-state index in [9.17, 15) is 9.59 Å². The number of carbonyl (C=O) groups excluding carboxylic acids is 2. The van der Waals surface area contributed by atoms with Crippen LogP contribution in [-0.4, -0.2) is 46.8 Å². The summed E-state index contributed by atoms with van der Waals surface area (Å²) in [4.78, 5) is 28.1. The van der Waals surface area contributed by atoms with Crippen LogP contribution in [0.2, 0.25) is 0 Å². The normalized spacial score (nSPS) is 31.5. The predicted octanol–water partition coefficient (Wildman–Crippen LogP) is 1.01. The van der Waals surface area contributed by atoms with Gasteiger partial charge in [0.25, 0.3) is 0 Å². The van der Waals surface area contributed by atoms with Gasteiger partial charge in [-0.3, -0.25) is 9.59 Å². The Bertz CT molecular complexity index is 351. The maximum Gasteiger partial charge on any atom is 0.246 e. The lowest BCUT2D eigenvalue weighted by molar-refractivity contribution is -0.160. The topological polar surface area (TPSA) is 40.6 Å². The van der Waals surface area contributed by atoms with E-state index in [0.717, 1.165) is 25.8 Å². The van der Waals surface area contributed by atoms with E-state index in [1.807, 2.05) is 9.80 Å². The van der Waals surface area contributed by atoms with Crippen molar-refractivity contribution in [3.05, 3.63) is 0 Å². The first-order chi connectivity index (χ1) is 8.18. The van der Waals surface area contributed by atoms with Crippen molar-refractivity contribution in [2.45, 2.75) is 51.1 Å². The Labute approximate surface area is 102 Å². The molecule has 2 atom stereocenters. The van der Waals surface area contributed by atoms with Crippen molar-refractivity contribution >= 4 is 11.8 Å². The zero-order valence-corrected chi connectivity index (χ0v) is 10.4. The van der Waals surface area contributed by atoms with Gasteiger partial charge in [-0.15, -0.1) is 0 Å². The summed E-state index contributed by atoms with van der Waals surface area (Å²) >= 11 is 0. The van der Waals surface area contributed by atoms with Crippen LogP contribution in [0.1, 0.15) is 39.0 Å². The van der Waals surface area contributed by atoms with Crippen molar-refractivity contribution in [2.24, 2.45) is 5.92 Å². The van der Waals surface area contributed by atoms with Crippen molar-refractivity contribution < 1.29 is 9.59 Å². The smallest absolute Gasteiger partial charge is 0.246 e. The first-order valence-corrected chi connectivity index (χ1v) is 6.78. The Kier molecular flexibility index (Phi) is 2.60. The van der Waals surface area contributed by atoms with Gasteiger partial charge < -0.3 is 9.80 Å². The fourth-order valence-corrected chi connectivity index (χ4v) is 3.17. The van der Waals surface area contributed by atoms with E-state index in [0.29, 0.717) is 12.5 Å². The summed E-state index contributed by atoms with van der Waals surface area (Å²) in [6.07, 6.45) is 5.42. The largest absolute Gasteiger partial charge is 0.329 e. The number of fused-ring (bicyclic) bond motifs is 1. The van der Waals surface area contributed by atoms with Crippen molar-refractivity contribution in [3.8, 4) is 0 Å². The van der Waals surface area contributed by atoms with E-state index >= 15 is 0 Å².